The highest BCUT2D eigenvalue weighted by atomic mass is 32.2. The van der Waals surface area contributed by atoms with E-state index < -0.39 is 10.0 Å². The Hall–Kier alpha value is -2.19. The fourth-order valence-electron chi connectivity index (χ4n) is 4.02. The van der Waals surface area contributed by atoms with Crippen LogP contribution in [0.3, 0.4) is 0 Å². The van der Waals surface area contributed by atoms with Gasteiger partial charge in [-0.25, -0.2) is 13.1 Å². The van der Waals surface area contributed by atoms with Crippen molar-refractivity contribution >= 4 is 21.7 Å². The van der Waals surface area contributed by atoms with Crippen LogP contribution in [-0.2, 0) is 15.6 Å². The van der Waals surface area contributed by atoms with Crippen molar-refractivity contribution in [3.05, 3.63) is 41.6 Å². The molecule has 0 aliphatic carbocycles. The van der Waals surface area contributed by atoms with Crippen molar-refractivity contribution in [1.29, 1.82) is 0 Å². The van der Waals surface area contributed by atoms with Gasteiger partial charge in [0.2, 0.25) is 10.0 Å². The number of benzene rings is 1. The number of nitrogens with one attached hydrogen (secondary N) is 1. The monoisotopic (exact) mass is 432 g/mol. The highest BCUT2D eigenvalue weighted by Gasteiger charge is 2.31. The van der Waals surface area contributed by atoms with E-state index in [4.69, 9.17) is 0 Å². The fraction of sp³-hybridized carbons (Fsp3) is 0.545. The second-order valence-electron chi connectivity index (χ2n) is 9.50. The summed E-state index contributed by atoms with van der Waals surface area (Å²) >= 11 is 0. The minimum Gasteiger partial charge on any atom is -0.307 e. The van der Waals surface area contributed by atoms with Gasteiger partial charge in [-0.1, -0.05) is 13.8 Å². The average molecular weight is 433 g/mol. The predicted molar refractivity (Wildman–Crippen MR) is 118 cm³/mol. The van der Waals surface area contributed by atoms with E-state index in [0.717, 1.165) is 12.1 Å². The van der Waals surface area contributed by atoms with Crippen LogP contribution in [0.5, 0.6) is 0 Å². The van der Waals surface area contributed by atoms with Gasteiger partial charge in [0.1, 0.15) is 5.82 Å². The summed E-state index contributed by atoms with van der Waals surface area (Å²) in [5.41, 5.74) is 0.928. The highest BCUT2D eigenvalue weighted by molar-refractivity contribution is 7.89. The summed E-state index contributed by atoms with van der Waals surface area (Å²) in [6.07, 6.45) is 1.04. The van der Waals surface area contributed by atoms with E-state index in [1.807, 2.05) is 33.8 Å². The Morgan fingerprint density at radius 1 is 1.10 bits per heavy atom. The molecule has 2 aromatic rings. The standard InChI is InChI=1S/C22H32N4O3S/c1-15-11-16(2)14-25(13-15)30(28,29)19-9-7-18(8-10-19)21(27)23-20-12-17(3)24-26(20)22(4,5)6/h7-10,12,15-16H,11,13-14H2,1-6H3,(H,23,27). The van der Waals surface area contributed by atoms with E-state index in [9.17, 15) is 13.2 Å². The molecule has 1 aliphatic heterocycles. The number of carbonyl (C=O) groups is 1. The lowest BCUT2D eigenvalue weighted by molar-refractivity contribution is 0.102. The maximum absolute atomic E-state index is 13.0. The molecule has 0 saturated carbocycles. The second-order valence-corrected chi connectivity index (χ2v) is 11.4. The molecule has 1 aromatic heterocycles. The molecule has 1 amide bonds. The van der Waals surface area contributed by atoms with Crippen LogP contribution in [0.1, 0.15) is 57.1 Å². The normalized spacial score (nSPS) is 20.9. The van der Waals surface area contributed by atoms with Crippen molar-refractivity contribution in [2.24, 2.45) is 11.8 Å². The molecule has 0 spiro atoms. The molecule has 7 nitrogen and oxygen atoms in total. The van der Waals surface area contributed by atoms with Crippen LogP contribution in [0.25, 0.3) is 0 Å². The van der Waals surface area contributed by atoms with Gasteiger partial charge < -0.3 is 5.32 Å². The molecule has 1 saturated heterocycles. The molecule has 0 radical (unpaired) electrons. The highest BCUT2D eigenvalue weighted by Crippen LogP contribution is 2.27. The minimum absolute atomic E-state index is 0.218. The van der Waals surface area contributed by atoms with E-state index in [1.54, 1.807) is 21.1 Å². The first kappa shape index (κ1) is 22.5. The number of sulfonamides is 1. The Balaban J connectivity index is 1.78. The van der Waals surface area contributed by atoms with Gasteiger partial charge in [-0.05, 0) is 70.2 Å². The maximum Gasteiger partial charge on any atom is 0.256 e. The summed E-state index contributed by atoms with van der Waals surface area (Å²) in [5, 5.41) is 7.35. The topological polar surface area (TPSA) is 84.3 Å². The van der Waals surface area contributed by atoms with Crippen LogP contribution in [0.15, 0.2) is 35.2 Å². The van der Waals surface area contributed by atoms with Crippen LogP contribution in [-0.4, -0.2) is 41.5 Å². The summed E-state index contributed by atoms with van der Waals surface area (Å²) in [7, 11) is -3.56. The van der Waals surface area contributed by atoms with Gasteiger partial charge in [0, 0.05) is 24.7 Å². The number of aryl methyl sites for hydroxylation is 1. The summed E-state index contributed by atoms with van der Waals surface area (Å²) in [6.45, 7) is 13.1. The Morgan fingerprint density at radius 3 is 2.20 bits per heavy atom. The minimum atomic E-state index is -3.56. The summed E-state index contributed by atoms with van der Waals surface area (Å²) < 4.78 is 29.4. The molecule has 3 rings (SSSR count). The molecular formula is C22H32N4O3S. The third-order valence-electron chi connectivity index (χ3n) is 5.30. The zero-order chi connectivity index (χ0) is 22.3. The molecule has 1 N–H and O–H groups in total. The number of aromatic nitrogens is 2. The fourth-order valence-corrected chi connectivity index (χ4v) is 5.70. The van der Waals surface area contributed by atoms with Crippen molar-refractivity contribution in [3.8, 4) is 0 Å². The van der Waals surface area contributed by atoms with E-state index in [1.165, 1.54) is 12.1 Å². The van der Waals surface area contributed by atoms with Gasteiger partial charge >= 0.3 is 0 Å². The lowest BCUT2D eigenvalue weighted by atomic mass is 9.94. The maximum atomic E-state index is 13.0. The van der Waals surface area contributed by atoms with Crippen LogP contribution < -0.4 is 5.32 Å². The second kappa shape index (κ2) is 8.15. The van der Waals surface area contributed by atoms with E-state index in [-0.39, 0.29) is 16.3 Å². The smallest absolute Gasteiger partial charge is 0.256 e. The molecule has 2 unspecified atom stereocenters. The van der Waals surface area contributed by atoms with Crippen molar-refractivity contribution in [3.63, 3.8) is 0 Å². The lowest BCUT2D eigenvalue weighted by Crippen LogP contribution is -2.42. The Bertz CT molecular complexity index is 1010. The number of carbonyl (C=O) groups excluding carboxylic acids is 1. The predicted octanol–water partition coefficient (Wildman–Crippen LogP) is 3.87. The van der Waals surface area contributed by atoms with E-state index >= 15 is 0 Å². The van der Waals surface area contributed by atoms with Crippen molar-refractivity contribution in [1.82, 2.24) is 14.1 Å². The number of nitrogens with zero attached hydrogens (tertiary/aromatic N) is 3. The van der Waals surface area contributed by atoms with Crippen LogP contribution >= 0.6 is 0 Å². The zero-order valence-electron chi connectivity index (χ0n) is 18.6. The first-order valence-corrected chi connectivity index (χ1v) is 11.8. The number of piperidine rings is 1. The molecule has 0 bridgehead atoms. The molecule has 164 valence electrons. The quantitative estimate of drug-likeness (QED) is 0.795. The van der Waals surface area contributed by atoms with Gasteiger partial charge in [0.25, 0.3) is 5.91 Å². The van der Waals surface area contributed by atoms with Gasteiger partial charge in [-0.2, -0.15) is 9.40 Å². The third kappa shape index (κ3) is 4.75. The molecule has 30 heavy (non-hydrogen) atoms. The van der Waals surface area contributed by atoms with E-state index in [2.05, 4.69) is 24.3 Å². The largest absolute Gasteiger partial charge is 0.307 e. The molecule has 2 heterocycles. The van der Waals surface area contributed by atoms with Crippen LogP contribution in [0.4, 0.5) is 5.82 Å². The molecule has 1 aromatic carbocycles. The third-order valence-corrected chi connectivity index (χ3v) is 7.14. The molecule has 1 aliphatic rings. The van der Waals surface area contributed by atoms with Crippen LogP contribution in [0.2, 0.25) is 0 Å². The Morgan fingerprint density at radius 2 is 1.67 bits per heavy atom. The van der Waals surface area contributed by atoms with Crippen molar-refractivity contribution in [2.75, 3.05) is 18.4 Å². The summed E-state index contributed by atoms with van der Waals surface area (Å²) in [4.78, 5) is 13.0. The SMILES string of the molecule is Cc1cc(NC(=O)c2ccc(S(=O)(=O)N3CC(C)CC(C)C3)cc2)n(C(C)(C)C)n1. The number of rotatable bonds is 4. The Labute approximate surface area is 179 Å². The number of anilines is 1. The zero-order valence-corrected chi connectivity index (χ0v) is 19.5. The molecular weight excluding hydrogens is 400 g/mol. The van der Waals surface area contributed by atoms with Crippen LogP contribution in [0, 0.1) is 18.8 Å². The molecule has 1 fully saturated rings. The first-order chi connectivity index (χ1) is 13.9. The summed E-state index contributed by atoms with van der Waals surface area (Å²) in [5.74, 6) is 0.983. The van der Waals surface area contributed by atoms with Crippen molar-refractivity contribution in [2.45, 2.75) is 58.4 Å². The van der Waals surface area contributed by atoms with Gasteiger partial charge in [-0.15, -0.1) is 0 Å². The first-order valence-electron chi connectivity index (χ1n) is 10.4. The lowest BCUT2D eigenvalue weighted by Gasteiger charge is -2.34. The van der Waals surface area contributed by atoms with Gasteiger partial charge in [0.05, 0.1) is 16.1 Å². The Kier molecular flexibility index (Phi) is 6.11. The van der Waals surface area contributed by atoms with E-state index in [0.29, 0.717) is 36.3 Å². The summed E-state index contributed by atoms with van der Waals surface area (Å²) in [6, 6.07) is 7.97. The molecule has 8 heteroatoms. The van der Waals surface area contributed by atoms with Gasteiger partial charge in [0.15, 0.2) is 0 Å². The average Bonchev–Trinajstić information content (AvgIpc) is 3.01. The van der Waals surface area contributed by atoms with Crippen molar-refractivity contribution < 1.29 is 13.2 Å². The molecule has 2 atom stereocenters. The van der Waals surface area contributed by atoms with Gasteiger partial charge in [-0.3, -0.25) is 4.79 Å². The number of amides is 1. The number of hydrogen-bond donors (Lipinski definition) is 1. The number of hydrogen-bond acceptors (Lipinski definition) is 4.